The fourth-order valence-electron chi connectivity index (χ4n) is 1.49. The largest absolute Gasteiger partial charge is 0.479 e. The maximum atomic E-state index is 12.8. The fraction of sp³-hybridized carbons (Fsp3) is 0.154. The highest BCUT2D eigenvalue weighted by Gasteiger charge is 2.12. The second-order valence-electron chi connectivity index (χ2n) is 3.74. The average molecular weight is 277 g/mol. The van der Waals surface area contributed by atoms with Crippen LogP contribution in [0.15, 0.2) is 30.5 Å². The zero-order valence-electron chi connectivity index (χ0n) is 10.9. The van der Waals surface area contributed by atoms with Gasteiger partial charge in [-0.3, -0.25) is 4.79 Å². The molecule has 0 radical (unpaired) electrons. The molecule has 0 unspecified atom stereocenters. The predicted molar refractivity (Wildman–Crippen MR) is 69.5 cm³/mol. The number of halogens is 1. The molecule has 20 heavy (non-hydrogen) atoms. The zero-order chi connectivity index (χ0) is 14.5. The minimum absolute atomic E-state index is 0.127. The minimum atomic E-state index is -0.419. The van der Waals surface area contributed by atoms with Crippen LogP contribution in [0.5, 0.6) is 11.9 Å². The molecule has 0 bridgehead atoms. The van der Waals surface area contributed by atoms with Crippen LogP contribution in [0.2, 0.25) is 0 Å². The van der Waals surface area contributed by atoms with Gasteiger partial charge >= 0.3 is 6.01 Å². The van der Waals surface area contributed by atoms with Crippen LogP contribution >= 0.6 is 0 Å². The predicted octanol–water partition coefficient (Wildman–Crippen LogP) is 1.89. The van der Waals surface area contributed by atoms with Gasteiger partial charge in [0.15, 0.2) is 0 Å². The van der Waals surface area contributed by atoms with E-state index in [0.29, 0.717) is 11.3 Å². The number of nitrogens with zero attached hydrogens (tertiary/aromatic N) is 2. The number of methoxy groups -OCH3 is 2. The first-order valence-electron chi connectivity index (χ1n) is 5.66. The molecule has 0 saturated heterocycles. The van der Waals surface area contributed by atoms with Gasteiger partial charge in [0.25, 0.3) is 5.91 Å². The van der Waals surface area contributed by atoms with E-state index in [1.54, 1.807) is 0 Å². The molecule has 2 aromatic rings. The molecule has 0 aliphatic rings. The topological polar surface area (TPSA) is 73.3 Å². The van der Waals surface area contributed by atoms with E-state index < -0.39 is 11.7 Å². The minimum Gasteiger partial charge on any atom is -0.479 e. The Kier molecular flexibility index (Phi) is 4.09. The molecule has 104 valence electrons. The van der Waals surface area contributed by atoms with Gasteiger partial charge in [-0.1, -0.05) is 0 Å². The normalized spacial score (nSPS) is 9.95. The van der Waals surface area contributed by atoms with Crippen molar-refractivity contribution in [1.29, 1.82) is 0 Å². The highest BCUT2D eigenvalue weighted by molar-refractivity contribution is 6.04. The van der Waals surface area contributed by atoms with Crippen LogP contribution in [-0.4, -0.2) is 30.1 Å². The molecule has 0 aliphatic carbocycles. The van der Waals surface area contributed by atoms with Gasteiger partial charge in [0, 0.05) is 5.56 Å². The zero-order valence-corrected chi connectivity index (χ0v) is 10.9. The van der Waals surface area contributed by atoms with Gasteiger partial charge < -0.3 is 14.8 Å². The molecule has 7 heteroatoms. The number of carbonyl (C=O) groups excluding carboxylic acids is 1. The molecule has 0 aliphatic heterocycles. The van der Waals surface area contributed by atoms with Crippen molar-refractivity contribution in [2.75, 3.05) is 19.5 Å². The molecule has 1 amide bonds. The molecule has 1 aromatic carbocycles. The van der Waals surface area contributed by atoms with Crippen LogP contribution in [0.1, 0.15) is 10.4 Å². The Morgan fingerprint density at radius 2 is 1.90 bits per heavy atom. The lowest BCUT2D eigenvalue weighted by atomic mass is 10.2. The summed E-state index contributed by atoms with van der Waals surface area (Å²) in [5.74, 6) is -0.656. The number of nitrogens with one attached hydrogen (secondary N) is 1. The maximum Gasteiger partial charge on any atom is 0.319 e. The van der Waals surface area contributed by atoms with Crippen LogP contribution in [0.25, 0.3) is 0 Å². The number of benzene rings is 1. The van der Waals surface area contributed by atoms with Gasteiger partial charge in [-0.05, 0) is 24.3 Å². The quantitative estimate of drug-likeness (QED) is 0.923. The Balaban J connectivity index is 2.21. The van der Waals surface area contributed by atoms with Crippen molar-refractivity contribution < 1.29 is 18.7 Å². The Morgan fingerprint density at radius 1 is 1.20 bits per heavy atom. The number of hydrogen-bond donors (Lipinski definition) is 1. The van der Waals surface area contributed by atoms with Crippen LogP contribution in [0.3, 0.4) is 0 Å². The number of anilines is 1. The van der Waals surface area contributed by atoms with E-state index >= 15 is 0 Å². The first-order chi connectivity index (χ1) is 9.63. The van der Waals surface area contributed by atoms with Crippen molar-refractivity contribution in [3.8, 4) is 11.9 Å². The van der Waals surface area contributed by atoms with Crippen molar-refractivity contribution in [2.45, 2.75) is 0 Å². The number of hydrogen-bond acceptors (Lipinski definition) is 5. The summed E-state index contributed by atoms with van der Waals surface area (Å²) in [6, 6.07) is 5.29. The van der Waals surface area contributed by atoms with E-state index in [-0.39, 0.29) is 11.9 Å². The third kappa shape index (κ3) is 3.00. The summed E-state index contributed by atoms with van der Waals surface area (Å²) < 4.78 is 22.7. The first-order valence-corrected chi connectivity index (χ1v) is 5.66. The van der Waals surface area contributed by atoms with Crippen LogP contribution < -0.4 is 14.8 Å². The second-order valence-corrected chi connectivity index (χ2v) is 3.74. The third-order valence-corrected chi connectivity index (χ3v) is 2.46. The molecule has 1 heterocycles. The number of carbonyl (C=O) groups is 1. The van der Waals surface area contributed by atoms with Crippen molar-refractivity contribution in [1.82, 2.24) is 9.97 Å². The lowest BCUT2D eigenvalue weighted by Crippen LogP contribution is -2.13. The molecular weight excluding hydrogens is 265 g/mol. The molecule has 6 nitrogen and oxygen atoms in total. The number of ether oxygens (including phenoxy) is 2. The van der Waals surface area contributed by atoms with E-state index in [1.807, 2.05) is 0 Å². The van der Waals surface area contributed by atoms with Crippen molar-refractivity contribution in [3.63, 3.8) is 0 Å². The van der Waals surface area contributed by atoms with Gasteiger partial charge in [0.1, 0.15) is 11.5 Å². The summed E-state index contributed by atoms with van der Waals surface area (Å²) in [6.07, 6.45) is 1.37. The molecule has 1 aromatic heterocycles. The molecule has 0 saturated carbocycles. The van der Waals surface area contributed by atoms with Crippen LogP contribution in [0.4, 0.5) is 10.1 Å². The Morgan fingerprint density at radius 3 is 2.50 bits per heavy atom. The Bertz CT molecular complexity index is 617. The standard InChI is InChI=1S/C13H12FN3O3/c1-19-12-10(7-15-13(17-12)20-2)16-11(18)8-3-5-9(14)6-4-8/h3-7H,1-2H3,(H,16,18). The van der Waals surface area contributed by atoms with Gasteiger partial charge in [-0.25, -0.2) is 9.37 Å². The summed E-state index contributed by atoms with van der Waals surface area (Å²) >= 11 is 0. The van der Waals surface area contributed by atoms with Crippen molar-refractivity contribution >= 4 is 11.6 Å². The number of amides is 1. The molecule has 0 spiro atoms. The van der Waals surface area contributed by atoms with E-state index in [9.17, 15) is 9.18 Å². The van der Waals surface area contributed by atoms with E-state index in [1.165, 1.54) is 44.7 Å². The lowest BCUT2D eigenvalue weighted by Gasteiger charge is -2.09. The van der Waals surface area contributed by atoms with Gasteiger partial charge in [-0.2, -0.15) is 4.98 Å². The highest BCUT2D eigenvalue weighted by Crippen LogP contribution is 2.23. The molecule has 0 atom stereocenters. The number of aromatic nitrogens is 2. The number of rotatable bonds is 4. The average Bonchev–Trinajstić information content (AvgIpc) is 2.48. The van der Waals surface area contributed by atoms with Gasteiger partial charge in [-0.15, -0.1) is 0 Å². The summed E-state index contributed by atoms with van der Waals surface area (Å²) in [5.41, 5.74) is 0.604. The van der Waals surface area contributed by atoms with E-state index in [0.717, 1.165) is 0 Å². The van der Waals surface area contributed by atoms with E-state index in [4.69, 9.17) is 9.47 Å². The van der Waals surface area contributed by atoms with Crippen LogP contribution in [0, 0.1) is 5.82 Å². The highest BCUT2D eigenvalue weighted by atomic mass is 19.1. The summed E-state index contributed by atoms with van der Waals surface area (Å²) in [5, 5.41) is 2.58. The fourth-order valence-corrected chi connectivity index (χ4v) is 1.49. The molecular formula is C13H12FN3O3. The maximum absolute atomic E-state index is 12.8. The van der Waals surface area contributed by atoms with Crippen molar-refractivity contribution in [2.24, 2.45) is 0 Å². The SMILES string of the molecule is COc1ncc(NC(=O)c2ccc(F)cc2)c(OC)n1. The first kappa shape index (κ1) is 13.7. The lowest BCUT2D eigenvalue weighted by molar-refractivity contribution is 0.102. The third-order valence-electron chi connectivity index (χ3n) is 2.46. The monoisotopic (exact) mass is 277 g/mol. The summed E-state index contributed by atoms with van der Waals surface area (Å²) in [6.45, 7) is 0. The molecule has 1 N–H and O–H groups in total. The van der Waals surface area contributed by atoms with E-state index in [2.05, 4.69) is 15.3 Å². The van der Waals surface area contributed by atoms with Crippen molar-refractivity contribution in [3.05, 3.63) is 41.8 Å². The van der Waals surface area contributed by atoms with Crippen LogP contribution in [-0.2, 0) is 0 Å². The summed E-state index contributed by atoms with van der Waals surface area (Å²) in [4.78, 5) is 19.8. The molecule has 2 rings (SSSR count). The second kappa shape index (κ2) is 5.96. The summed E-state index contributed by atoms with van der Waals surface area (Å²) in [7, 11) is 2.83. The Labute approximate surface area is 114 Å². The molecule has 0 fully saturated rings. The smallest absolute Gasteiger partial charge is 0.319 e. The van der Waals surface area contributed by atoms with Gasteiger partial charge in [0.2, 0.25) is 5.88 Å². The van der Waals surface area contributed by atoms with Gasteiger partial charge in [0.05, 0.1) is 20.4 Å². The Hall–Kier alpha value is -2.70.